The number of rotatable bonds is 6. The lowest BCUT2D eigenvalue weighted by molar-refractivity contribution is -0.144. The van der Waals surface area contributed by atoms with Crippen LogP contribution in [-0.4, -0.2) is 30.2 Å². The van der Waals surface area contributed by atoms with Crippen LogP contribution in [-0.2, 0) is 26.1 Å². The van der Waals surface area contributed by atoms with Gasteiger partial charge >= 0.3 is 5.97 Å². The molecule has 0 bridgehead atoms. The fourth-order valence-corrected chi connectivity index (χ4v) is 2.96. The third-order valence-electron chi connectivity index (χ3n) is 2.58. The summed E-state index contributed by atoms with van der Waals surface area (Å²) in [6.45, 7) is 1.65. The van der Waals surface area contributed by atoms with Crippen molar-refractivity contribution in [3.63, 3.8) is 0 Å². The number of hydrogen-bond donors (Lipinski definition) is 0. The Morgan fingerprint density at radius 3 is 2.63 bits per heavy atom. The summed E-state index contributed by atoms with van der Waals surface area (Å²) in [7, 11) is 1.43. The average Bonchev–Trinajstić information content (AvgIpc) is 2.37. The van der Waals surface area contributed by atoms with Crippen molar-refractivity contribution in [3.05, 3.63) is 29.6 Å². The predicted octanol–water partition coefficient (Wildman–Crippen LogP) is 1.89. The molecule has 0 fully saturated rings. The molecule has 0 aromatic heterocycles. The second kappa shape index (κ2) is 7.23. The van der Waals surface area contributed by atoms with Crippen LogP contribution in [0.2, 0.25) is 0 Å². The molecule has 19 heavy (non-hydrogen) atoms. The molecule has 1 aromatic carbocycles. The van der Waals surface area contributed by atoms with Gasteiger partial charge in [-0.25, -0.2) is 4.39 Å². The number of benzene rings is 1. The van der Waals surface area contributed by atoms with E-state index in [1.165, 1.54) is 26.4 Å². The molecule has 0 aliphatic rings. The molecule has 0 amide bonds. The fraction of sp³-hybridized carbons (Fsp3) is 0.462. The lowest BCUT2D eigenvalue weighted by Gasteiger charge is -2.09. The third-order valence-corrected chi connectivity index (χ3v) is 4.11. The van der Waals surface area contributed by atoms with E-state index >= 15 is 0 Å². The smallest absolute Gasteiger partial charge is 0.309 e. The van der Waals surface area contributed by atoms with Crippen molar-refractivity contribution in [2.75, 3.05) is 20.0 Å². The quantitative estimate of drug-likeness (QED) is 0.750. The average molecular weight is 288 g/mol. The Morgan fingerprint density at radius 1 is 1.42 bits per heavy atom. The van der Waals surface area contributed by atoms with Gasteiger partial charge in [0, 0.05) is 22.3 Å². The first kappa shape index (κ1) is 15.6. The minimum atomic E-state index is -1.25. The normalized spacial score (nSPS) is 13.7. The third kappa shape index (κ3) is 4.63. The van der Waals surface area contributed by atoms with Crippen molar-refractivity contribution in [3.8, 4) is 5.75 Å². The summed E-state index contributed by atoms with van der Waals surface area (Å²) < 4.78 is 34.7. The SMILES string of the molecule is COC(=O)C(C)CS(=O)Cc1ccc(OC)c(F)c1. The second-order valence-corrected chi connectivity index (χ2v) is 5.65. The summed E-state index contributed by atoms with van der Waals surface area (Å²) >= 11 is 0. The van der Waals surface area contributed by atoms with Crippen LogP contribution < -0.4 is 4.74 Å². The number of hydrogen-bond acceptors (Lipinski definition) is 4. The Hall–Kier alpha value is -1.43. The number of methoxy groups -OCH3 is 2. The molecule has 6 heteroatoms. The maximum atomic E-state index is 13.4. The van der Waals surface area contributed by atoms with E-state index in [4.69, 9.17) is 4.74 Å². The molecule has 0 heterocycles. The minimum Gasteiger partial charge on any atom is -0.494 e. The summed E-state index contributed by atoms with van der Waals surface area (Å²) in [5.74, 6) is -0.776. The standard InChI is InChI=1S/C13H17FO4S/c1-9(13(15)18-3)7-19(16)8-10-4-5-12(17-2)11(14)6-10/h4-6,9H,7-8H2,1-3H3. The summed E-state index contributed by atoms with van der Waals surface area (Å²) in [4.78, 5) is 11.2. The first-order valence-corrected chi connectivity index (χ1v) is 7.22. The predicted molar refractivity (Wildman–Crippen MR) is 70.8 cm³/mol. The van der Waals surface area contributed by atoms with Gasteiger partial charge in [-0.2, -0.15) is 0 Å². The van der Waals surface area contributed by atoms with E-state index in [9.17, 15) is 13.4 Å². The van der Waals surface area contributed by atoms with Gasteiger partial charge < -0.3 is 9.47 Å². The van der Waals surface area contributed by atoms with Crippen LogP contribution in [0.15, 0.2) is 18.2 Å². The van der Waals surface area contributed by atoms with Gasteiger partial charge in [-0.15, -0.1) is 0 Å². The molecule has 106 valence electrons. The van der Waals surface area contributed by atoms with Crippen LogP contribution in [0.4, 0.5) is 4.39 Å². The van der Waals surface area contributed by atoms with Crippen molar-refractivity contribution >= 4 is 16.8 Å². The first-order chi connectivity index (χ1) is 8.97. The van der Waals surface area contributed by atoms with Crippen molar-refractivity contribution < 1.29 is 22.9 Å². The Morgan fingerprint density at radius 2 is 2.11 bits per heavy atom. The highest BCUT2D eigenvalue weighted by Crippen LogP contribution is 2.19. The molecule has 0 saturated carbocycles. The van der Waals surface area contributed by atoms with E-state index in [1.807, 2.05) is 0 Å². The number of halogens is 1. The van der Waals surface area contributed by atoms with E-state index in [-0.39, 0.29) is 17.3 Å². The van der Waals surface area contributed by atoms with Gasteiger partial charge in [0.2, 0.25) is 0 Å². The lowest BCUT2D eigenvalue weighted by atomic mass is 10.2. The molecule has 2 unspecified atom stereocenters. The zero-order valence-electron chi connectivity index (χ0n) is 11.1. The highest BCUT2D eigenvalue weighted by atomic mass is 32.2. The number of carbonyl (C=O) groups is 1. The highest BCUT2D eigenvalue weighted by Gasteiger charge is 2.17. The highest BCUT2D eigenvalue weighted by molar-refractivity contribution is 7.84. The van der Waals surface area contributed by atoms with Crippen molar-refractivity contribution in [1.82, 2.24) is 0 Å². The fourth-order valence-electron chi connectivity index (χ4n) is 1.59. The Labute approximate surface area is 114 Å². The van der Waals surface area contributed by atoms with Gasteiger partial charge in [-0.05, 0) is 17.7 Å². The molecule has 0 spiro atoms. The molecule has 1 rings (SSSR count). The maximum Gasteiger partial charge on any atom is 0.309 e. The van der Waals surface area contributed by atoms with E-state index in [1.54, 1.807) is 13.0 Å². The molecule has 0 radical (unpaired) electrons. The monoisotopic (exact) mass is 288 g/mol. The van der Waals surface area contributed by atoms with Crippen molar-refractivity contribution in [2.45, 2.75) is 12.7 Å². The van der Waals surface area contributed by atoms with Crippen molar-refractivity contribution in [2.24, 2.45) is 5.92 Å². The van der Waals surface area contributed by atoms with Gasteiger partial charge in [0.25, 0.3) is 0 Å². The van der Waals surface area contributed by atoms with Crippen molar-refractivity contribution in [1.29, 1.82) is 0 Å². The Bertz CT molecular complexity index is 476. The molecule has 4 nitrogen and oxygen atoms in total. The molecule has 1 aromatic rings. The van der Waals surface area contributed by atoms with E-state index < -0.39 is 28.5 Å². The number of ether oxygens (including phenoxy) is 2. The van der Waals surface area contributed by atoms with E-state index in [0.717, 1.165) is 0 Å². The first-order valence-electron chi connectivity index (χ1n) is 5.73. The van der Waals surface area contributed by atoms with Crippen LogP contribution in [0.1, 0.15) is 12.5 Å². The molecular formula is C13H17FO4S. The topological polar surface area (TPSA) is 52.6 Å². The Kier molecular flexibility index (Phi) is 5.95. The molecule has 0 saturated heterocycles. The minimum absolute atomic E-state index is 0.150. The van der Waals surface area contributed by atoms with Gasteiger partial charge in [0.15, 0.2) is 11.6 Å². The summed E-state index contributed by atoms with van der Waals surface area (Å²) in [5, 5.41) is 0. The molecule has 0 aliphatic heterocycles. The zero-order valence-corrected chi connectivity index (χ0v) is 12.0. The van der Waals surface area contributed by atoms with Gasteiger partial charge in [0.1, 0.15) is 0 Å². The number of carbonyl (C=O) groups excluding carboxylic acids is 1. The van der Waals surface area contributed by atoms with Crippen LogP contribution in [0.5, 0.6) is 5.75 Å². The maximum absolute atomic E-state index is 13.4. The summed E-state index contributed by atoms with van der Waals surface area (Å²) in [6, 6.07) is 4.44. The lowest BCUT2D eigenvalue weighted by Crippen LogP contribution is -2.20. The summed E-state index contributed by atoms with van der Waals surface area (Å²) in [5.41, 5.74) is 0.605. The van der Waals surface area contributed by atoms with Gasteiger partial charge in [-0.3, -0.25) is 9.00 Å². The van der Waals surface area contributed by atoms with Gasteiger partial charge in [0.05, 0.1) is 20.1 Å². The van der Waals surface area contributed by atoms with Crippen LogP contribution in [0, 0.1) is 11.7 Å². The Balaban J connectivity index is 2.62. The molecule has 0 aliphatic carbocycles. The largest absolute Gasteiger partial charge is 0.494 e. The molecule has 0 N–H and O–H groups in total. The summed E-state index contributed by atoms with van der Waals surface area (Å²) in [6.07, 6.45) is 0. The number of esters is 1. The van der Waals surface area contributed by atoms with Crippen LogP contribution in [0.25, 0.3) is 0 Å². The second-order valence-electron chi connectivity index (χ2n) is 4.14. The molecule has 2 atom stereocenters. The molecular weight excluding hydrogens is 271 g/mol. The van der Waals surface area contributed by atoms with Gasteiger partial charge in [-0.1, -0.05) is 13.0 Å². The van der Waals surface area contributed by atoms with E-state index in [2.05, 4.69) is 4.74 Å². The van der Waals surface area contributed by atoms with Crippen LogP contribution >= 0.6 is 0 Å². The van der Waals surface area contributed by atoms with E-state index in [0.29, 0.717) is 5.56 Å². The zero-order chi connectivity index (χ0) is 14.4. The van der Waals surface area contributed by atoms with Crippen LogP contribution in [0.3, 0.4) is 0 Å².